The molecule has 8 nitrogen and oxygen atoms in total. The number of benzene rings is 3. The molecule has 0 bridgehead atoms. The predicted octanol–water partition coefficient (Wildman–Crippen LogP) is 4.76. The number of carbonyl (C=O) groups is 3. The Bertz CT molecular complexity index is 1230. The molecule has 0 saturated carbocycles. The molecule has 0 amide bonds. The van der Waals surface area contributed by atoms with Gasteiger partial charge in [0.25, 0.3) is 0 Å². The van der Waals surface area contributed by atoms with Crippen molar-refractivity contribution in [3.8, 4) is 23.0 Å². The molecule has 0 radical (unpaired) electrons. The second-order valence-corrected chi connectivity index (χ2v) is 7.36. The molecule has 0 aromatic heterocycles. The summed E-state index contributed by atoms with van der Waals surface area (Å²) in [6.45, 7) is 4.77. The molecule has 180 valence electrons. The van der Waals surface area contributed by atoms with E-state index < -0.39 is 17.9 Å². The largest absolute Gasteiger partial charge is 0.497 e. The van der Waals surface area contributed by atoms with Gasteiger partial charge in [-0.15, -0.1) is 0 Å². The summed E-state index contributed by atoms with van der Waals surface area (Å²) in [4.78, 5) is 37.5. The van der Waals surface area contributed by atoms with Crippen LogP contribution in [-0.4, -0.2) is 32.1 Å². The summed E-state index contributed by atoms with van der Waals surface area (Å²) in [6.07, 6.45) is 0. The van der Waals surface area contributed by atoms with Crippen LogP contribution in [-0.2, 0) is 16.1 Å². The summed E-state index contributed by atoms with van der Waals surface area (Å²) < 4.78 is 26.2. The van der Waals surface area contributed by atoms with Crippen molar-refractivity contribution in [1.82, 2.24) is 0 Å². The van der Waals surface area contributed by atoms with E-state index in [2.05, 4.69) is 6.58 Å². The van der Waals surface area contributed by atoms with E-state index in [9.17, 15) is 14.4 Å². The highest BCUT2D eigenvalue weighted by atomic mass is 16.5. The summed E-state index contributed by atoms with van der Waals surface area (Å²) >= 11 is 0. The number of ether oxygens (including phenoxy) is 5. The summed E-state index contributed by atoms with van der Waals surface area (Å²) in [5, 5.41) is 0. The second-order valence-electron chi connectivity index (χ2n) is 7.36. The molecule has 0 aliphatic heterocycles. The van der Waals surface area contributed by atoms with Gasteiger partial charge in [0.1, 0.15) is 29.6 Å². The van der Waals surface area contributed by atoms with Crippen LogP contribution < -0.4 is 18.9 Å². The molecule has 0 aliphatic carbocycles. The predicted molar refractivity (Wildman–Crippen MR) is 127 cm³/mol. The van der Waals surface area contributed by atoms with Gasteiger partial charge in [0.05, 0.1) is 25.3 Å². The molecule has 3 rings (SSSR count). The molecule has 3 aromatic rings. The van der Waals surface area contributed by atoms with Crippen LogP contribution in [0.5, 0.6) is 23.0 Å². The fraction of sp³-hybridized carbons (Fsp3) is 0.148. The fourth-order valence-electron chi connectivity index (χ4n) is 2.92. The molecule has 0 fully saturated rings. The number of esters is 3. The fourth-order valence-corrected chi connectivity index (χ4v) is 2.92. The summed E-state index contributed by atoms with van der Waals surface area (Å²) in [5.74, 6) is -0.143. The van der Waals surface area contributed by atoms with Crippen LogP contribution in [0.1, 0.15) is 33.2 Å². The van der Waals surface area contributed by atoms with Crippen LogP contribution in [0.4, 0.5) is 0 Å². The molecule has 0 unspecified atom stereocenters. The third-order valence-electron chi connectivity index (χ3n) is 4.81. The van der Waals surface area contributed by atoms with Gasteiger partial charge in [-0.2, -0.15) is 0 Å². The number of hydrogen-bond acceptors (Lipinski definition) is 8. The minimum absolute atomic E-state index is 0.122. The van der Waals surface area contributed by atoms with Crippen molar-refractivity contribution in [2.75, 3.05) is 14.2 Å². The highest BCUT2D eigenvalue weighted by molar-refractivity contribution is 5.96. The maximum atomic E-state index is 12.9. The van der Waals surface area contributed by atoms with Gasteiger partial charge < -0.3 is 23.7 Å². The third-order valence-corrected chi connectivity index (χ3v) is 4.81. The van der Waals surface area contributed by atoms with E-state index >= 15 is 0 Å². The van der Waals surface area contributed by atoms with Crippen molar-refractivity contribution in [3.05, 3.63) is 95.6 Å². The van der Waals surface area contributed by atoms with E-state index in [1.807, 2.05) is 0 Å². The van der Waals surface area contributed by atoms with Gasteiger partial charge in [0.2, 0.25) is 0 Å². The zero-order valence-electron chi connectivity index (χ0n) is 19.5. The molecule has 35 heavy (non-hydrogen) atoms. The van der Waals surface area contributed by atoms with Crippen LogP contribution in [0, 0.1) is 0 Å². The zero-order valence-corrected chi connectivity index (χ0v) is 19.5. The molecule has 0 N–H and O–H groups in total. The number of hydrogen-bond donors (Lipinski definition) is 0. The molecule has 0 aliphatic rings. The Morgan fingerprint density at radius 2 is 1.20 bits per heavy atom. The first-order valence-corrected chi connectivity index (χ1v) is 10.5. The lowest BCUT2D eigenvalue weighted by Crippen LogP contribution is -2.16. The first-order valence-electron chi connectivity index (χ1n) is 10.5. The Morgan fingerprint density at radius 3 is 1.69 bits per heavy atom. The average Bonchev–Trinajstić information content (AvgIpc) is 2.87. The Kier molecular flexibility index (Phi) is 8.24. The van der Waals surface area contributed by atoms with E-state index in [-0.39, 0.29) is 28.9 Å². The number of carbonyl (C=O) groups excluding carboxylic acids is 3. The Morgan fingerprint density at radius 1 is 0.714 bits per heavy atom. The van der Waals surface area contributed by atoms with Gasteiger partial charge >= 0.3 is 17.9 Å². The lowest BCUT2D eigenvalue weighted by molar-refractivity contribution is -0.140. The van der Waals surface area contributed by atoms with Crippen molar-refractivity contribution in [3.63, 3.8) is 0 Å². The Balaban J connectivity index is 1.84. The van der Waals surface area contributed by atoms with E-state index in [0.717, 1.165) is 0 Å². The first-order chi connectivity index (χ1) is 16.8. The molecule has 0 saturated heterocycles. The summed E-state index contributed by atoms with van der Waals surface area (Å²) in [5.41, 5.74) is 0.740. The minimum Gasteiger partial charge on any atom is -0.497 e. The lowest BCUT2D eigenvalue weighted by atomic mass is 10.0. The molecular formula is C27H24O8. The smallest absolute Gasteiger partial charge is 0.343 e. The monoisotopic (exact) mass is 476 g/mol. The van der Waals surface area contributed by atoms with Gasteiger partial charge in [0.15, 0.2) is 0 Å². The molecule has 0 spiro atoms. The SMILES string of the molecule is C=C(C)C(=O)OCc1cc(C(=O)Oc2ccc(OC)cc2)ccc1C(=O)Oc1ccc(OC)cc1. The second kappa shape index (κ2) is 11.5. The van der Waals surface area contributed by atoms with Gasteiger partial charge in [-0.25, -0.2) is 14.4 Å². The van der Waals surface area contributed by atoms with E-state index in [1.165, 1.54) is 39.3 Å². The Labute approximate surface area is 202 Å². The third kappa shape index (κ3) is 6.70. The average molecular weight is 476 g/mol. The lowest BCUT2D eigenvalue weighted by Gasteiger charge is -2.12. The normalized spacial score (nSPS) is 10.1. The van der Waals surface area contributed by atoms with Crippen LogP contribution in [0.3, 0.4) is 0 Å². The van der Waals surface area contributed by atoms with E-state index in [4.69, 9.17) is 23.7 Å². The molecule has 0 atom stereocenters. The van der Waals surface area contributed by atoms with Gasteiger partial charge in [-0.3, -0.25) is 0 Å². The number of rotatable bonds is 9. The standard InChI is InChI=1S/C27H24O8/c1-17(2)25(28)33-16-19-15-18(26(29)34-22-10-6-20(31-3)7-11-22)5-14-24(19)27(30)35-23-12-8-21(32-4)9-13-23/h5-15H,1,16H2,2-4H3. The molecule has 3 aromatic carbocycles. The molecule has 8 heteroatoms. The summed E-state index contributed by atoms with van der Waals surface area (Å²) in [6, 6.07) is 17.2. The highest BCUT2D eigenvalue weighted by Crippen LogP contribution is 2.22. The van der Waals surface area contributed by atoms with Crippen molar-refractivity contribution in [2.45, 2.75) is 13.5 Å². The Hall–Kier alpha value is -4.59. The van der Waals surface area contributed by atoms with Crippen LogP contribution in [0.15, 0.2) is 78.9 Å². The van der Waals surface area contributed by atoms with Crippen LogP contribution in [0.25, 0.3) is 0 Å². The maximum Gasteiger partial charge on any atom is 0.343 e. The molecular weight excluding hydrogens is 452 g/mol. The topological polar surface area (TPSA) is 97.4 Å². The van der Waals surface area contributed by atoms with Crippen molar-refractivity contribution in [2.24, 2.45) is 0 Å². The number of methoxy groups -OCH3 is 2. The van der Waals surface area contributed by atoms with Gasteiger partial charge in [-0.1, -0.05) is 6.58 Å². The van der Waals surface area contributed by atoms with E-state index in [1.54, 1.807) is 48.5 Å². The maximum absolute atomic E-state index is 12.9. The zero-order chi connectivity index (χ0) is 25.4. The van der Waals surface area contributed by atoms with Gasteiger partial charge in [0, 0.05) is 11.1 Å². The van der Waals surface area contributed by atoms with Crippen molar-refractivity contribution >= 4 is 17.9 Å². The quantitative estimate of drug-likeness (QED) is 0.248. The first kappa shape index (κ1) is 25.0. The molecule has 0 heterocycles. The van der Waals surface area contributed by atoms with Crippen molar-refractivity contribution in [1.29, 1.82) is 0 Å². The van der Waals surface area contributed by atoms with Crippen LogP contribution in [0.2, 0.25) is 0 Å². The van der Waals surface area contributed by atoms with Crippen LogP contribution >= 0.6 is 0 Å². The van der Waals surface area contributed by atoms with Crippen molar-refractivity contribution < 1.29 is 38.1 Å². The minimum atomic E-state index is -0.688. The summed E-state index contributed by atoms with van der Waals surface area (Å²) in [7, 11) is 3.06. The van der Waals surface area contributed by atoms with E-state index in [0.29, 0.717) is 23.0 Å². The van der Waals surface area contributed by atoms with Gasteiger partial charge in [-0.05, 0) is 73.7 Å². The highest BCUT2D eigenvalue weighted by Gasteiger charge is 2.19.